The average molecular weight is 345 g/mol. The number of aryl methyl sites for hydroxylation is 1. The fourth-order valence-corrected chi connectivity index (χ4v) is 2.71. The van der Waals surface area contributed by atoms with Gasteiger partial charge in [-0.05, 0) is 5.92 Å². The molecule has 1 fully saturated rings. The van der Waals surface area contributed by atoms with Crippen LogP contribution in [0, 0.1) is 5.92 Å². The van der Waals surface area contributed by atoms with E-state index >= 15 is 0 Å². The lowest BCUT2D eigenvalue weighted by Crippen LogP contribution is -2.40. The van der Waals surface area contributed by atoms with Gasteiger partial charge in [0.2, 0.25) is 0 Å². The Morgan fingerprint density at radius 2 is 1.96 bits per heavy atom. The monoisotopic (exact) mass is 345 g/mol. The fraction of sp³-hybridized carbons (Fsp3) is 0.667. The molecule has 9 heteroatoms. The Bertz CT molecular complexity index is 549. The predicted octanol–water partition coefficient (Wildman–Crippen LogP) is 2.39. The van der Waals surface area contributed by atoms with E-state index in [0.29, 0.717) is 31.0 Å². The largest absolute Gasteiger partial charge is 0.401 e. The lowest BCUT2D eigenvalue weighted by molar-refractivity contribution is -0.146. The first-order valence-electron chi connectivity index (χ1n) is 7.92. The molecule has 1 aromatic heterocycles. The van der Waals surface area contributed by atoms with Gasteiger partial charge in [-0.2, -0.15) is 13.2 Å². The number of anilines is 1. The molecule has 6 nitrogen and oxygen atoms in total. The molecule has 0 aromatic carbocycles. The summed E-state index contributed by atoms with van der Waals surface area (Å²) in [5.41, 5.74) is 0.473. The van der Waals surface area contributed by atoms with Crippen molar-refractivity contribution in [2.75, 3.05) is 38.0 Å². The standard InChI is InChI=1S/C15H22F3N5O/c1-3-13-19-6-12(7-20-13)21-14(24)23-5-4-22(8-11(2)9-23)10-15(16,17)18/h6-7,11H,3-5,8-10H2,1-2H3,(H,21,24). The number of nitrogens with zero attached hydrogens (tertiary/aromatic N) is 4. The van der Waals surface area contributed by atoms with Crippen LogP contribution in [-0.2, 0) is 6.42 Å². The first-order chi connectivity index (χ1) is 11.3. The quantitative estimate of drug-likeness (QED) is 0.914. The second-order valence-electron chi connectivity index (χ2n) is 6.07. The molecule has 1 atom stereocenters. The van der Waals surface area contributed by atoms with Gasteiger partial charge in [0.1, 0.15) is 5.82 Å². The van der Waals surface area contributed by atoms with Crippen LogP contribution in [0.3, 0.4) is 0 Å². The van der Waals surface area contributed by atoms with E-state index in [2.05, 4.69) is 15.3 Å². The molecule has 0 aliphatic carbocycles. The normalized spacial score (nSPS) is 19.9. The Balaban J connectivity index is 1.94. The Morgan fingerprint density at radius 3 is 2.54 bits per heavy atom. The lowest BCUT2D eigenvalue weighted by atomic mass is 10.1. The van der Waals surface area contributed by atoms with Gasteiger partial charge in [0.05, 0.1) is 24.6 Å². The zero-order valence-electron chi connectivity index (χ0n) is 13.8. The van der Waals surface area contributed by atoms with Crippen LogP contribution in [0.4, 0.5) is 23.7 Å². The van der Waals surface area contributed by atoms with Gasteiger partial charge in [-0.25, -0.2) is 14.8 Å². The Morgan fingerprint density at radius 1 is 1.29 bits per heavy atom. The number of urea groups is 1. The molecule has 1 aromatic rings. The molecule has 1 aliphatic rings. The van der Waals surface area contributed by atoms with E-state index in [0.717, 1.165) is 0 Å². The molecule has 2 rings (SSSR count). The highest BCUT2D eigenvalue weighted by Crippen LogP contribution is 2.19. The number of hydrogen-bond donors (Lipinski definition) is 1. The van der Waals surface area contributed by atoms with Crippen molar-refractivity contribution in [3.63, 3.8) is 0 Å². The molecular weight excluding hydrogens is 323 g/mol. The van der Waals surface area contributed by atoms with Crippen LogP contribution in [-0.4, -0.2) is 64.7 Å². The molecule has 1 N–H and O–H groups in total. The summed E-state index contributed by atoms with van der Waals surface area (Å²) in [5, 5.41) is 2.70. The number of amides is 2. The molecule has 24 heavy (non-hydrogen) atoms. The van der Waals surface area contributed by atoms with Gasteiger partial charge < -0.3 is 10.2 Å². The summed E-state index contributed by atoms with van der Waals surface area (Å²) in [6.45, 7) is 4.00. The lowest BCUT2D eigenvalue weighted by Gasteiger charge is -2.22. The second kappa shape index (κ2) is 7.78. The van der Waals surface area contributed by atoms with Gasteiger partial charge in [-0.3, -0.25) is 4.90 Å². The third-order valence-electron chi connectivity index (χ3n) is 3.75. The maximum absolute atomic E-state index is 12.6. The minimum Gasteiger partial charge on any atom is -0.323 e. The zero-order valence-corrected chi connectivity index (χ0v) is 13.8. The molecule has 0 radical (unpaired) electrons. The number of carbonyl (C=O) groups is 1. The third kappa shape index (κ3) is 5.63. The van der Waals surface area contributed by atoms with Crippen LogP contribution < -0.4 is 5.32 Å². The number of carbonyl (C=O) groups excluding carboxylic acids is 1. The molecule has 1 unspecified atom stereocenters. The average Bonchev–Trinajstić information content (AvgIpc) is 2.67. The van der Waals surface area contributed by atoms with Gasteiger partial charge in [-0.15, -0.1) is 0 Å². The van der Waals surface area contributed by atoms with Crippen LogP contribution in [0.15, 0.2) is 12.4 Å². The van der Waals surface area contributed by atoms with Gasteiger partial charge in [0, 0.05) is 32.6 Å². The molecule has 134 valence electrons. The number of halogens is 3. The van der Waals surface area contributed by atoms with Crippen molar-refractivity contribution in [1.82, 2.24) is 19.8 Å². The second-order valence-corrected chi connectivity index (χ2v) is 6.07. The van der Waals surface area contributed by atoms with E-state index in [4.69, 9.17) is 0 Å². The third-order valence-corrected chi connectivity index (χ3v) is 3.75. The molecule has 0 bridgehead atoms. The molecular formula is C15H22F3N5O. The van der Waals surface area contributed by atoms with E-state index in [-0.39, 0.29) is 25.0 Å². The van der Waals surface area contributed by atoms with E-state index in [1.165, 1.54) is 22.2 Å². The van der Waals surface area contributed by atoms with Crippen LogP contribution in [0.1, 0.15) is 19.7 Å². The molecule has 0 spiro atoms. The van der Waals surface area contributed by atoms with Crippen molar-refractivity contribution >= 4 is 11.7 Å². The van der Waals surface area contributed by atoms with Crippen LogP contribution in [0.2, 0.25) is 0 Å². The fourth-order valence-electron chi connectivity index (χ4n) is 2.71. The van der Waals surface area contributed by atoms with Crippen molar-refractivity contribution < 1.29 is 18.0 Å². The maximum Gasteiger partial charge on any atom is 0.401 e. The summed E-state index contributed by atoms with van der Waals surface area (Å²) in [7, 11) is 0. The topological polar surface area (TPSA) is 61.4 Å². The van der Waals surface area contributed by atoms with Crippen molar-refractivity contribution in [2.24, 2.45) is 5.92 Å². The Kier molecular flexibility index (Phi) is 5.98. The van der Waals surface area contributed by atoms with Gasteiger partial charge >= 0.3 is 12.2 Å². The van der Waals surface area contributed by atoms with E-state index < -0.39 is 12.7 Å². The minimum absolute atomic E-state index is 0.0423. The minimum atomic E-state index is -4.23. The number of nitrogens with one attached hydrogen (secondary N) is 1. The molecule has 2 heterocycles. The molecule has 1 saturated heterocycles. The number of aromatic nitrogens is 2. The van der Waals surface area contributed by atoms with Crippen molar-refractivity contribution in [3.8, 4) is 0 Å². The number of hydrogen-bond acceptors (Lipinski definition) is 4. The molecule has 2 amide bonds. The van der Waals surface area contributed by atoms with Crippen LogP contribution in [0.25, 0.3) is 0 Å². The van der Waals surface area contributed by atoms with Gasteiger partial charge in [0.25, 0.3) is 0 Å². The first-order valence-corrected chi connectivity index (χ1v) is 7.92. The highest BCUT2D eigenvalue weighted by atomic mass is 19.4. The summed E-state index contributed by atoms with van der Waals surface area (Å²) < 4.78 is 37.7. The van der Waals surface area contributed by atoms with Gasteiger partial charge in [0.15, 0.2) is 0 Å². The van der Waals surface area contributed by atoms with Crippen LogP contribution >= 0.6 is 0 Å². The maximum atomic E-state index is 12.6. The van der Waals surface area contributed by atoms with Crippen molar-refractivity contribution in [2.45, 2.75) is 26.4 Å². The SMILES string of the molecule is CCc1ncc(NC(=O)N2CCN(CC(F)(F)F)CC(C)C2)cn1. The van der Waals surface area contributed by atoms with E-state index in [9.17, 15) is 18.0 Å². The summed E-state index contributed by atoms with van der Waals surface area (Å²) in [6.07, 6.45) is -0.468. The molecule has 1 aliphatic heterocycles. The highest BCUT2D eigenvalue weighted by molar-refractivity contribution is 5.88. The Hall–Kier alpha value is -1.90. The smallest absolute Gasteiger partial charge is 0.323 e. The van der Waals surface area contributed by atoms with Crippen molar-refractivity contribution in [1.29, 1.82) is 0 Å². The Labute approximate surface area is 139 Å². The van der Waals surface area contributed by atoms with Gasteiger partial charge in [-0.1, -0.05) is 13.8 Å². The summed E-state index contributed by atoms with van der Waals surface area (Å²) in [4.78, 5) is 23.4. The van der Waals surface area contributed by atoms with E-state index in [1.807, 2.05) is 13.8 Å². The summed E-state index contributed by atoms with van der Waals surface area (Å²) in [6, 6.07) is -0.344. The predicted molar refractivity (Wildman–Crippen MR) is 83.7 cm³/mol. The first kappa shape index (κ1) is 18.4. The van der Waals surface area contributed by atoms with E-state index in [1.54, 1.807) is 0 Å². The summed E-state index contributed by atoms with van der Waals surface area (Å²) in [5.74, 6) is 0.638. The molecule has 0 saturated carbocycles. The van der Waals surface area contributed by atoms with Crippen molar-refractivity contribution in [3.05, 3.63) is 18.2 Å². The highest BCUT2D eigenvalue weighted by Gasteiger charge is 2.33. The zero-order chi connectivity index (χ0) is 17.7. The summed E-state index contributed by atoms with van der Waals surface area (Å²) >= 11 is 0. The van der Waals surface area contributed by atoms with Crippen LogP contribution in [0.5, 0.6) is 0 Å². The number of alkyl halides is 3. The number of rotatable bonds is 3.